The highest BCUT2D eigenvalue weighted by atomic mass is 16.2. The van der Waals surface area contributed by atoms with Gasteiger partial charge in [-0.1, -0.05) is 18.2 Å². The van der Waals surface area contributed by atoms with Gasteiger partial charge in [-0.3, -0.25) is 9.78 Å². The number of benzene rings is 1. The minimum absolute atomic E-state index is 0.171. The van der Waals surface area contributed by atoms with Gasteiger partial charge >= 0.3 is 0 Å². The number of hydrogen-bond acceptors (Lipinski definition) is 3. The smallest absolute Gasteiger partial charge is 0.227 e. The lowest BCUT2D eigenvalue weighted by Crippen LogP contribution is -2.30. The van der Waals surface area contributed by atoms with Gasteiger partial charge in [0.05, 0.1) is 29.8 Å². The molecule has 1 aliphatic heterocycles. The molecule has 3 heterocycles. The Labute approximate surface area is 134 Å². The molecule has 5 heteroatoms. The highest BCUT2D eigenvalue weighted by molar-refractivity contribution is 5.79. The first kappa shape index (κ1) is 13.9. The Kier molecular flexibility index (Phi) is 3.54. The van der Waals surface area contributed by atoms with Gasteiger partial charge in [0.25, 0.3) is 0 Å². The summed E-state index contributed by atoms with van der Waals surface area (Å²) in [5.74, 6) is 0.171. The van der Waals surface area contributed by atoms with E-state index in [1.807, 2.05) is 41.6 Å². The zero-order chi connectivity index (χ0) is 15.6. The lowest BCUT2D eigenvalue weighted by Gasteiger charge is -2.17. The Morgan fingerprint density at radius 2 is 2.13 bits per heavy atom. The first-order chi connectivity index (χ1) is 11.3. The van der Waals surface area contributed by atoms with E-state index in [4.69, 9.17) is 0 Å². The van der Waals surface area contributed by atoms with Crippen LogP contribution in [0.15, 0.2) is 55.1 Å². The van der Waals surface area contributed by atoms with Crippen LogP contribution in [0.2, 0.25) is 0 Å². The first-order valence-corrected chi connectivity index (χ1v) is 7.89. The third-order valence-electron chi connectivity index (χ3n) is 4.47. The van der Waals surface area contributed by atoms with Gasteiger partial charge in [0.2, 0.25) is 5.91 Å². The van der Waals surface area contributed by atoms with Crippen molar-refractivity contribution >= 4 is 16.9 Å². The van der Waals surface area contributed by atoms with Gasteiger partial charge in [-0.05, 0) is 30.2 Å². The molecule has 1 saturated heterocycles. The van der Waals surface area contributed by atoms with E-state index in [9.17, 15) is 4.79 Å². The minimum Gasteiger partial charge on any atom is -0.340 e. The van der Waals surface area contributed by atoms with Gasteiger partial charge in [-0.15, -0.1) is 0 Å². The van der Waals surface area contributed by atoms with Crippen LogP contribution in [0, 0.1) is 0 Å². The molecule has 0 spiro atoms. The molecule has 3 aromatic rings. The molecule has 1 atom stereocenters. The number of amides is 1. The van der Waals surface area contributed by atoms with Gasteiger partial charge in [0.1, 0.15) is 0 Å². The maximum atomic E-state index is 12.5. The largest absolute Gasteiger partial charge is 0.340 e. The average Bonchev–Trinajstić information content (AvgIpc) is 3.22. The predicted molar refractivity (Wildman–Crippen MR) is 87.9 cm³/mol. The van der Waals surface area contributed by atoms with Crippen LogP contribution in [-0.2, 0) is 11.2 Å². The van der Waals surface area contributed by atoms with E-state index in [1.54, 1.807) is 12.4 Å². The monoisotopic (exact) mass is 306 g/mol. The van der Waals surface area contributed by atoms with Crippen LogP contribution in [0.25, 0.3) is 11.0 Å². The molecule has 0 saturated carbocycles. The van der Waals surface area contributed by atoms with E-state index in [0.29, 0.717) is 12.5 Å². The first-order valence-electron chi connectivity index (χ1n) is 7.89. The molecule has 116 valence electrons. The normalized spacial score (nSPS) is 17.7. The van der Waals surface area contributed by atoms with Crippen molar-refractivity contribution in [2.75, 3.05) is 13.1 Å². The summed E-state index contributed by atoms with van der Waals surface area (Å²) in [6, 6.07) is 12.3. The van der Waals surface area contributed by atoms with Crippen molar-refractivity contribution in [2.45, 2.75) is 18.9 Å². The summed E-state index contributed by atoms with van der Waals surface area (Å²) in [4.78, 5) is 22.9. The van der Waals surface area contributed by atoms with E-state index in [1.165, 1.54) is 0 Å². The fourth-order valence-electron chi connectivity index (χ4n) is 3.25. The summed E-state index contributed by atoms with van der Waals surface area (Å²) in [5.41, 5.74) is 3.11. The van der Waals surface area contributed by atoms with Crippen molar-refractivity contribution in [1.29, 1.82) is 0 Å². The average molecular weight is 306 g/mol. The van der Waals surface area contributed by atoms with Crippen LogP contribution in [-0.4, -0.2) is 38.4 Å². The standard InChI is InChI=1S/C18H18N4O/c23-18(10-14-4-3-8-19-11-14)21-9-7-15(12-21)22-13-20-16-5-1-2-6-17(16)22/h1-6,8,11,13,15H,7,9-10,12H2. The molecule has 0 N–H and O–H groups in total. The zero-order valence-corrected chi connectivity index (χ0v) is 12.8. The molecule has 1 aliphatic rings. The van der Waals surface area contributed by atoms with E-state index in [0.717, 1.165) is 36.1 Å². The third-order valence-corrected chi connectivity index (χ3v) is 4.47. The molecule has 23 heavy (non-hydrogen) atoms. The highest BCUT2D eigenvalue weighted by Gasteiger charge is 2.28. The number of aromatic nitrogens is 3. The molecule has 1 amide bonds. The van der Waals surface area contributed by atoms with Crippen molar-refractivity contribution < 1.29 is 4.79 Å². The van der Waals surface area contributed by atoms with Gasteiger partial charge in [-0.2, -0.15) is 0 Å². The van der Waals surface area contributed by atoms with Gasteiger partial charge in [-0.25, -0.2) is 4.98 Å². The molecule has 0 aliphatic carbocycles. The summed E-state index contributed by atoms with van der Waals surface area (Å²) in [5, 5.41) is 0. The number of fused-ring (bicyclic) bond motifs is 1. The van der Waals surface area contributed by atoms with Gasteiger partial charge < -0.3 is 9.47 Å². The number of pyridine rings is 1. The van der Waals surface area contributed by atoms with Crippen LogP contribution in [0.3, 0.4) is 0 Å². The zero-order valence-electron chi connectivity index (χ0n) is 12.8. The number of likely N-dealkylation sites (tertiary alicyclic amines) is 1. The van der Waals surface area contributed by atoms with Gasteiger partial charge in [0.15, 0.2) is 0 Å². The third kappa shape index (κ3) is 2.70. The molecule has 1 fully saturated rings. The fourth-order valence-corrected chi connectivity index (χ4v) is 3.25. The number of rotatable bonds is 3. The quantitative estimate of drug-likeness (QED) is 0.747. The summed E-state index contributed by atoms with van der Waals surface area (Å²) in [6.07, 6.45) is 6.77. The second-order valence-corrected chi connectivity index (χ2v) is 5.96. The predicted octanol–water partition coefficient (Wildman–Crippen LogP) is 2.45. The number of carbonyl (C=O) groups is 1. The van der Waals surface area contributed by atoms with Crippen LogP contribution >= 0.6 is 0 Å². The molecule has 4 rings (SSSR count). The van der Waals surface area contributed by atoms with Crippen molar-refractivity contribution in [2.24, 2.45) is 0 Å². The molecule has 0 bridgehead atoms. The molecule has 0 radical (unpaired) electrons. The van der Waals surface area contributed by atoms with Crippen LogP contribution in [0.4, 0.5) is 0 Å². The van der Waals surface area contributed by atoms with E-state index in [2.05, 4.69) is 20.6 Å². The van der Waals surface area contributed by atoms with Crippen LogP contribution in [0.5, 0.6) is 0 Å². The lowest BCUT2D eigenvalue weighted by molar-refractivity contribution is -0.129. The number of hydrogen-bond donors (Lipinski definition) is 0. The molecule has 5 nitrogen and oxygen atoms in total. The molecular formula is C18H18N4O. The van der Waals surface area contributed by atoms with Crippen LogP contribution in [0.1, 0.15) is 18.0 Å². The molecule has 1 unspecified atom stereocenters. The summed E-state index contributed by atoms with van der Waals surface area (Å²) in [7, 11) is 0. The summed E-state index contributed by atoms with van der Waals surface area (Å²) < 4.78 is 2.20. The fraction of sp³-hybridized carbons (Fsp3) is 0.278. The SMILES string of the molecule is O=C(Cc1cccnc1)N1CCC(n2cnc3ccccc32)C1. The Balaban J connectivity index is 1.48. The van der Waals surface area contributed by atoms with Crippen molar-refractivity contribution in [3.8, 4) is 0 Å². The second-order valence-electron chi connectivity index (χ2n) is 5.96. The van der Waals surface area contributed by atoms with Crippen molar-refractivity contribution in [3.63, 3.8) is 0 Å². The Hall–Kier alpha value is -2.69. The molecule has 2 aromatic heterocycles. The van der Waals surface area contributed by atoms with Crippen molar-refractivity contribution in [3.05, 3.63) is 60.7 Å². The second kappa shape index (κ2) is 5.83. The Morgan fingerprint density at radius 1 is 1.22 bits per heavy atom. The number of nitrogens with zero attached hydrogens (tertiary/aromatic N) is 4. The summed E-state index contributed by atoms with van der Waals surface area (Å²) >= 11 is 0. The van der Waals surface area contributed by atoms with Crippen LogP contribution < -0.4 is 0 Å². The number of imidazole rings is 1. The molecular weight excluding hydrogens is 288 g/mol. The van der Waals surface area contributed by atoms with E-state index < -0.39 is 0 Å². The topological polar surface area (TPSA) is 51.0 Å². The van der Waals surface area contributed by atoms with Crippen molar-refractivity contribution in [1.82, 2.24) is 19.4 Å². The Morgan fingerprint density at radius 3 is 3.00 bits per heavy atom. The number of carbonyl (C=O) groups excluding carboxylic acids is 1. The van der Waals surface area contributed by atoms with Gasteiger partial charge in [0, 0.05) is 25.5 Å². The maximum Gasteiger partial charge on any atom is 0.227 e. The summed E-state index contributed by atoms with van der Waals surface area (Å²) in [6.45, 7) is 1.55. The van der Waals surface area contributed by atoms with E-state index >= 15 is 0 Å². The molecule has 1 aromatic carbocycles. The lowest BCUT2D eigenvalue weighted by atomic mass is 10.2. The van der Waals surface area contributed by atoms with E-state index in [-0.39, 0.29) is 5.91 Å². The highest BCUT2D eigenvalue weighted by Crippen LogP contribution is 2.26. The minimum atomic E-state index is 0.171. The Bertz CT molecular complexity index is 827. The number of para-hydroxylation sites is 2. The maximum absolute atomic E-state index is 12.5.